The smallest absolute Gasteiger partial charge is 0.282 e. The molecule has 27 heavy (non-hydrogen) atoms. The highest BCUT2D eigenvalue weighted by atomic mass is 35.5. The molecule has 1 aromatic carbocycles. The van der Waals surface area contributed by atoms with E-state index in [1.54, 1.807) is 25.3 Å². The largest absolute Gasteiger partial charge is 0.496 e. The van der Waals surface area contributed by atoms with Crippen LogP contribution in [0, 0.1) is 5.92 Å². The van der Waals surface area contributed by atoms with Crippen molar-refractivity contribution in [2.24, 2.45) is 10.9 Å². The first-order chi connectivity index (χ1) is 12.8. The highest BCUT2D eigenvalue weighted by Crippen LogP contribution is 2.30. The zero-order valence-electron chi connectivity index (χ0n) is 16.4. The topological polar surface area (TPSA) is 43.6 Å². The van der Waals surface area contributed by atoms with Crippen LogP contribution in [0.15, 0.2) is 29.4 Å². The molecule has 1 saturated carbocycles. The van der Waals surface area contributed by atoms with Crippen molar-refractivity contribution in [2.75, 3.05) is 7.11 Å². The molecule has 2 aromatic rings. The van der Waals surface area contributed by atoms with Crippen molar-refractivity contribution in [1.29, 1.82) is 0 Å². The summed E-state index contributed by atoms with van der Waals surface area (Å²) >= 11 is 7.61. The Bertz CT molecular complexity index is 888. The molecule has 146 valence electrons. The summed E-state index contributed by atoms with van der Waals surface area (Å²) in [5.41, 5.74) is 1.50. The lowest BCUT2D eigenvalue weighted by atomic mass is 9.81. The number of amides is 1. The Morgan fingerprint density at radius 3 is 2.70 bits per heavy atom. The number of benzene rings is 1. The molecule has 0 radical (unpaired) electrons. The number of hydrogen-bond acceptors (Lipinski definition) is 3. The van der Waals surface area contributed by atoms with Crippen LogP contribution in [0.1, 0.15) is 62.4 Å². The number of aryl methyl sites for hydroxylation is 1. The molecular formula is C21H27ClN2O2S. The number of ether oxygens (including phenoxy) is 1. The molecule has 6 heteroatoms. The van der Waals surface area contributed by atoms with Crippen LogP contribution in [-0.4, -0.2) is 17.0 Å². The molecule has 1 heterocycles. The number of carbonyl (C=O) groups excluding carboxylic acids is 1. The molecule has 0 N–H and O–H groups in total. The first-order valence-electron chi connectivity index (χ1n) is 9.43. The monoisotopic (exact) mass is 406 g/mol. The lowest BCUT2D eigenvalue weighted by Gasteiger charge is -2.24. The lowest BCUT2D eigenvalue weighted by molar-refractivity contribution is 0.0996. The minimum Gasteiger partial charge on any atom is -0.496 e. The lowest BCUT2D eigenvalue weighted by Crippen LogP contribution is -2.18. The first-order valence-corrected chi connectivity index (χ1v) is 10.6. The number of hydrogen-bond donors (Lipinski definition) is 0. The third kappa shape index (κ3) is 4.82. The van der Waals surface area contributed by atoms with Gasteiger partial charge in [-0.2, -0.15) is 4.99 Å². The molecule has 1 fully saturated rings. The maximum Gasteiger partial charge on any atom is 0.282 e. The average Bonchev–Trinajstić information content (AvgIpc) is 2.96. The van der Waals surface area contributed by atoms with E-state index in [9.17, 15) is 4.79 Å². The van der Waals surface area contributed by atoms with Crippen LogP contribution < -0.4 is 9.41 Å². The van der Waals surface area contributed by atoms with Gasteiger partial charge in [-0.05, 0) is 69.3 Å². The number of methoxy groups -OCH3 is 1. The number of halogens is 1. The van der Waals surface area contributed by atoms with Gasteiger partial charge in [-0.1, -0.05) is 30.9 Å². The third-order valence-electron chi connectivity index (χ3n) is 5.04. The van der Waals surface area contributed by atoms with Crippen molar-refractivity contribution < 1.29 is 9.53 Å². The summed E-state index contributed by atoms with van der Waals surface area (Å²) in [7, 11) is 1.54. The van der Waals surface area contributed by atoms with E-state index in [0.29, 0.717) is 16.3 Å². The van der Waals surface area contributed by atoms with E-state index in [0.717, 1.165) is 29.0 Å². The Labute approximate surface area is 170 Å². The van der Waals surface area contributed by atoms with Crippen molar-refractivity contribution >= 4 is 29.0 Å². The normalized spacial score (nSPS) is 15.7. The van der Waals surface area contributed by atoms with Crippen LogP contribution in [0.3, 0.4) is 0 Å². The minimum absolute atomic E-state index is 0.0412. The number of rotatable bonds is 5. The summed E-state index contributed by atoms with van der Waals surface area (Å²) in [5.74, 6) is 0.996. The molecular weight excluding hydrogens is 380 g/mol. The van der Waals surface area contributed by atoms with Crippen molar-refractivity contribution in [1.82, 2.24) is 3.96 Å². The number of carbonyl (C=O) groups is 1. The van der Waals surface area contributed by atoms with Gasteiger partial charge in [0.15, 0.2) is 0 Å². The summed E-state index contributed by atoms with van der Waals surface area (Å²) in [5, 5.41) is 0.496. The quantitative estimate of drug-likeness (QED) is 0.663. The van der Waals surface area contributed by atoms with Gasteiger partial charge in [0.2, 0.25) is 0 Å². The number of nitrogens with zero attached hydrogens (tertiary/aromatic N) is 2. The zero-order valence-corrected chi connectivity index (χ0v) is 18.0. The average molecular weight is 407 g/mol. The molecule has 0 spiro atoms. The van der Waals surface area contributed by atoms with Gasteiger partial charge in [0.1, 0.15) is 10.4 Å². The van der Waals surface area contributed by atoms with Crippen molar-refractivity contribution in [3.63, 3.8) is 0 Å². The van der Waals surface area contributed by atoms with Crippen molar-refractivity contribution in [2.45, 2.75) is 58.4 Å². The zero-order chi connectivity index (χ0) is 19.6. The van der Waals surface area contributed by atoms with Gasteiger partial charge in [0.05, 0.1) is 12.7 Å². The van der Waals surface area contributed by atoms with E-state index in [-0.39, 0.29) is 11.4 Å². The van der Waals surface area contributed by atoms with Crippen LogP contribution in [0.4, 0.5) is 0 Å². The van der Waals surface area contributed by atoms with E-state index in [4.69, 9.17) is 16.3 Å². The van der Waals surface area contributed by atoms with Crippen molar-refractivity contribution in [3.8, 4) is 5.75 Å². The SMILES string of the molecule is COc1ccc(Cl)cc1C(=O)N=c1sn(C(C)(C)C)cc1CCC1CCC1. The summed E-state index contributed by atoms with van der Waals surface area (Å²) in [4.78, 5) is 17.3. The first kappa shape index (κ1) is 20.2. The van der Waals surface area contributed by atoms with E-state index in [1.807, 2.05) is 0 Å². The highest BCUT2D eigenvalue weighted by molar-refractivity contribution is 7.04. The molecule has 1 aliphatic carbocycles. The van der Waals surface area contributed by atoms with Gasteiger partial charge in [0.25, 0.3) is 5.91 Å². The Morgan fingerprint density at radius 1 is 1.37 bits per heavy atom. The standard InChI is InChI=1S/C21H27ClN2O2S/c1-21(2,3)24-13-15(9-8-14-6-5-7-14)20(27-24)23-19(25)17-12-16(22)10-11-18(17)26-4/h10-14H,5-9H2,1-4H3. The van der Waals surface area contributed by atoms with Crippen LogP contribution in [0.2, 0.25) is 5.02 Å². The predicted octanol–water partition coefficient (Wildman–Crippen LogP) is 5.44. The summed E-state index contributed by atoms with van der Waals surface area (Å²) in [6.07, 6.45) is 8.29. The van der Waals surface area contributed by atoms with Crippen LogP contribution in [0.25, 0.3) is 0 Å². The third-order valence-corrected chi connectivity index (χ3v) is 6.65. The fourth-order valence-corrected chi connectivity index (χ4v) is 4.32. The maximum atomic E-state index is 12.9. The Balaban J connectivity index is 1.96. The second-order valence-electron chi connectivity index (χ2n) is 8.14. The van der Waals surface area contributed by atoms with E-state index < -0.39 is 0 Å². The molecule has 0 unspecified atom stereocenters. The Kier molecular flexibility index (Phi) is 6.11. The molecule has 1 aliphatic rings. The van der Waals surface area contributed by atoms with Crippen LogP contribution in [0.5, 0.6) is 5.75 Å². The second kappa shape index (κ2) is 8.19. The molecule has 0 atom stereocenters. The maximum absolute atomic E-state index is 12.9. The molecule has 3 rings (SSSR count). The van der Waals surface area contributed by atoms with Gasteiger partial charge in [-0.15, -0.1) is 0 Å². The molecule has 1 amide bonds. The van der Waals surface area contributed by atoms with Crippen LogP contribution in [-0.2, 0) is 12.0 Å². The Hall–Kier alpha value is -1.59. The molecule has 0 aliphatic heterocycles. The van der Waals surface area contributed by atoms with Gasteiger partial charge < -0.3 is 4.74 Å². The van der Waals surface area contributed by atoms with Crippen molar-refractivity contribution in [3.05, 3.63) is 45.2 Å². The predicted molar refractivity (Wildman–Crippen MR) is 111 cm³/mol. The van der Waals surface area contributed by atoms with E-state index in [2.05, 4.69) is 35.9 Å². The summed E-state index contributed by atoms with van der Waals surface area (Å²) in [6.45, 7) is 6.47. The van der Waals surface area contributed by atoms with Crippen LogP contribution >= 0.6 is 23.1 Å². The highest BCUT2D eigenvalue weighted by Gasteiger charge is 2.20. The Morgan fingerprint density at radius 2 is 2.11 bits per heavy atom. The molecule has 0 bridgehead atoms. The fraction of sp³-hybridized carbons (Fsp3) is 0.524. The fourth-order valence-electron chi connectivity index (χ4n) is 3.11. The summed E-state index contributed by atoms with van der Waals surface area (Å²) < 4.78 is 8.28. The number of aromatic nitrogens is 1. The second-order valence-corrected chi connectivity index (χ2v) is 9.54. The van der Waals surface area contributed by atoms with Gasteiger partial charge in [-0.3, -0.25) is 8.75 Å². The minimum atomic E-state index is -0.317. The summed E-state index contributed by atoms with van der Waals surface area (Å²) in [6, 6.07) is 5.03. The van der Waals surface area contributed by atoms with Gasteiger partial charge in [0, 0.05) is 22.3 Å². The van der Waals surface area contributed by atoms with Gasteiger partial charge >= 0.3 is 0 Å². The molecule has 0 saturated heterocycles. The van der Waals surface area contributed by atoms with E-state index in [1.165, 1.54) is 30.8 Å². The van der Waals surface area contributed by atoms with Gasteiger partial charge in [-0.25, -0.2) is 0 Å². The van der Waals surface area contributed by atoms with E-state index >= 15 is 0 Å². The molecule has 1 aromatic heterocycles. The molecule has 4 nitrogen and oxygen atoms in total.